The maximum Gasteiger partial charge on any atom is 0.227 e. The molecule has 3 aliphatic carbocycles. The number of hydrogen-bond donors (Lipinski definition) is 8. The molecule has 0 unspecified atom stereocenters. The molecule has 3 saturated carbocycles. The number of tetrazole rings is 1. The average molecular weight is 733 g/mol. The van der Waals surface area contributed by atoms with Crippen molar-refractivity contribution in [3.8, 4) is 0 Å². The van der Waals surface area contributed by atoms with E-state index < -0.39 is 24.5 Å². The van der Waals surface area contributed by atoms with Gasteiger partial charge in [0.2, 0.25) is 17.7 Å². The summed E-state index contributed by atoms with van der Waals surface area (Å²) in [5.41, 5.74) is 13.3. The van der Waals surface area contributed by atoms with E-state index in [1.54, 1.807) is 17.1 Å². The van der Waals surface area contributed by atoms with Crippen LogP contribution < -0.4 is 32.7 Å². The van der Waals surface area contributed by atoms with Crippen LogP contribution in [0.1, 0.15) is 102 Å². The summed E-state index contributed by atoms with van der Waals surface area (Å²) in [6, 6.07) is 3.40. The number of anilines is 4. The van der Waals surface area contributed by atoms with Crippen molar-refractivity contribution in [2.45, 2.75) is 151 Å². The van der Waals surface area contributed by atoms with Gasteiger partial charge in [-0.25, -0.2) is 9.97 Å². The zero-order valence-electron chi connectivity index (χ0n) is 30.1. The zero-order chi connectivity index (χ0) is 36.5. The molecule has 8 rings (SSSR count). The number of rotatable bonds is 11. The summed E-state index contributed by atoms with van der Waals surface area (Å²) in [5.74, 6) is 2.74. The van der Waals surface area contributed by atoms with Crippen LogP contribution in [-0.2, 0) is 11.3 Å². The van der Waals surface area contributed by atoms with Crippen LogP contribution in [0, 0.1) is 0 Å². The average Bonchev–Trinajstić information content (AvgIpc) is 3.89. The molecule has 5 heterocycles. The molecule has 0 aromatic carbocycles. The van der Waals surface area contributed by atoms with Gasteiger partial charge in [-0.1, -0.05) is 0 Å². The molecule has 0 radical (unpaired) electrons. The molecule has 10 N–H and O–H groups in total. The monoisotopic (exact) mass is 732 g/mol. The molecule has 4 aromatic heterocycles. The second-order valence-electron chi connectivity index (χ2n) is 15.1. The minimum atomic E-state index is -1.29. The number of hydrogen-bond acceptors (Lipinski definition) is 17. The molecule has 4 fully saturated rings. The van der Waals surface area contributed by atoms with Crippen LogP contribution in [0.25, 0.3) is 11.2 Å². The van der Waals surface area contributed by atoms with Crippen LogP contribution in [0.5, 0.6) is 0 Å². The van der Waals surface area contributed by atoms with Crippen molar-refractivity contribution in [3.05, 3.63) is 24.4 Å². The largest absolute Gasteiger partial charge is 0.387 e. The zero-order valence-corrected chi connectivity index (χ0v) is 30.1. The topological polar surface area (TPSA) is 263 Å². The Hall–Kier alpha value is -4.30. The number of aliphatic hydroxyl groups is 2. The lowest BCUT2D eigenvalue weighted by atomic mass is 9.91. The Morgan fingerprint density at radius 3 is 2.04 bits per heavy atom. The van der Waals surface area contributed by atoms with Gasteiger partial charge in [0.05, 0.1) is 12.9 Å². The molecule has 4 atom stereocenters. The summed E-state index contributed by atoms with van der Waals surface area (Å²) in [6.45, 7) is 2.40. The molecule has 53 heavy (non-hydrogen) atoms. The quantitative estimate of drug-likeness (QED) is 0.109. The van der Waals surface area contributed by atoms with Crippen molar-refractivity contribution in [2.24, 2.45) is 11.5 Å². The molecule has 4 aliphatic rings. The smallest absolute Gasteiger partial charge is 0.227 e. The van der Waals surface area contributed by atoms with E-state index in [1.165, 1.54) is 4.80 Å². The third-order valence-electron chi connectivity index (χ3n) is 11.2. The highest BCUT2D eigenvalue weighted by atomic mass is 16.6. The molecule has 0 spiro atoms. The Balaban J connectivity index is 0.965. The highest BCUT2D eigenvalue weighted by Gasteiger charge is 2.47. The SMILES string of the molecule is CCn1nnc([C@H]2O[C@@H](n3cnc4c(NC5CCC(Nc6ccnc(N[C@H]7CC[C@H](N)CC7)n6)CC5)nc(N[C@H]5CC[C@H](N)CC5)nc43)[C@@H](O)[C@H]2O)n1. The molecular formula is C34H52N16O3. The van der Waals surface area contributed by atoms with E-state index in [1.807, 2.05) is 13.0 Å². The summed E-state index contributed by atoms with van der Waals surface area (Å²) in [5, 5.41) is 48.8. The molecule has 1 saturated heterocycles. The maximum atomic E-state index is 11.2. The van der Waals surface area contributed by atoms with Gasteiger partial charge in [0.25, 0.3) is 0 Å². The summed E-state index contributed by atoms with van der Waals surface area (Å²) in [7, 11) is 0. The van der Waals surface area contributed by atoms with E-state index in [4.69, 9.17) is 36.1 Å². The van der Waals surface area contributed by atoms with Gasteiger partial charge in [-0.05, 0) is 95.3 Å². The number of nitrogens with zero attached hydrogens (tertiary/aromatic N) is 10. The molecule has 0 bridgehead atoms. The summed E-state index contributed by atoms with van der Waals surface area (Å²) >= 11 is 0. The van der Waals surface area contributed by atoms with Gasteiger partial charge in [-0.2, -0.15) is 19.7 Å². The number of imidazole rings is 1. The predicted octanol–water partition coefficient (Wildman–Crippen LogP) is 1.81. The first-order chi connectivity index (χ1) is 25.8. The van der Waals surface area contributed by atoms with Crippen LogP contribution in [0.15, 0.2) is 18.6 Å². The van der Waals surface area contributed by atoms with Crippen LogP contribution in [-0.4, -0.2) is 108 Å². The number of fused-ring (bicyclic) bond motifs is 1. The Morgan fingerprint density at radius 1 is 0.755 bits per heavy atom. The van der Waals surface area contributed by atoms with Gasteiger partial charge in [0.15, 0.2) is 29.3 Å². The number of ether oxygens (including phenoxy) is 1. The second-order valence-corrected chi connectivity index (χ2v) is 15.1. The van der Waals surface area contributed by atoms with Gasteiger partial charge < -0.3 is 47.7 Å². The fourth-order valence-corrected chi connectivity index (χ4v) is 8.06. The van der Waals surface area contributed by atoms with E-state index in [2.05, 4.69) is 41.7 Å². The van der Waals surface area contributed by atoms with Crippen molar-refractivity contribution < 1.29 is 14.9 Å². The Labute approximate surface area is 307 Å². The minimum Gasteiger partial charge on any atom is -0.387 e. The summed E-state index contributed by atoms with van der Waals surface area (Å²) in [6.07, 6.45) is 10.4. The van der Waals surface area contributed by atoms with Gasteiger partial charge in [0, 0.05) is 42.4 Å². The highest BCUT2D eigenvalue weighted by molar-refractivity contribution is 5.84. The van der Waals surface area contributed by atoms with Crippen LogP contribution in [0.2, 0.25) is 0 Å². The van der Waals surface area contributed by atoms with Gasteiger partial charge >= 0.3 is 0 Å². The van der Waals surface area contributed by atoms with E-state index in [9.17, 15) is 10.2 Å². The number of nitrogens with two attached hydrogens (primary N) is 2. The standard InChI is InChI=1S/C34H52N16O3/c1-2-50-47-30(46-48-50)28-26(51)27(52)32(53-28)49-17-38-25-29(44-34(45-31(25)49)42-23-9-5-19(36)6-10-23)40-21-13-11-20(12-14-21)39-24-15-16-37-33(43-24)41-22-7-3-18(35)4-8-22/h15-23,26-28,32,51-52H,2-14,35-36H2,1H3,(H2,37,39,41,43)(H2,40,42,44,45)/t18-,19-,20?,21?,22-,23-,26-,27+,28+,32-/m1/s1. The van der Waals surface area contributed by atoms with Crippen molar-refractivity contribution in [2.75, 3.05) is 21.3 Å². The van der Waals surface area contributed by atoms with Crippen molar-refractivity contribution >= 4 is 34.7 Å². The van der Waals surface area contributed by atoms with Crippen molar-refractivity contribution in [1.29, 1.82) is 0 Å². The number of nitrogens with one attached hydrogen (secondary N) is 4. The summed E-state index contributed by atoms with van der Waals surface area (Å²) in [4.78, 5) is 25.1. The fraction of sp³-hybridized carbons (Fsp3) is 0.706. The number of aryl methyl sites for hydroxylation is 1. The molecule has 19 nitrogen and oxygen atoms in total. The van der Waals surface area contributed by atoms with Crippen LogP contribution in [0.4, 0.5) is 23.5 Å². The minimum absolute atomic E-state index is 0.156. The van der Waals surface area contributed by atoms with Crippen LogP contribution >= 0.6 is 0 Å². The maximum absolute atomic E-state index is 11.2. The fourth-order valence-electron chi connectivity index (χ4n) is 8.06. The first-order valence-corrected chi connectivity index (χ1v) is 19.2. The van der Waals surface area contributed by atoms with Crippen molar-refractivity contribution in [1.82, 2.24) is 49.7 Å². The first-order valence-electron chi connectivity index (χ1n) is 19.2. The highest BCUT2D eigenvalue weighted by Crippen LogP contribution is 2.39. The lowest BCUT2D eigenvalue weighted by molar-refractivity contribution is -0.0384. The third kappa shape index (κ3) is 7.98. The third-order valence-corrected chi connectivity index (χ3v) is 11.2. The van der Waals surface area contributed by atoms with Gasteiger partial charge in [-0.3, -0.25) is 4.57 Å². The lowest BCUT2D eigenvalue weighted by Crippen LogP contribution is -2.34. The number of aromatic nitrogens is 10. The summed E-state index contributed by atoms with van der Waals surface area (Å²) < 4.78 is 7.84. The predicted molar refractivity (Wildman–Crippen MR) is 197 cm³/mol. The Morgan fingerprint density at radius 2 is 1.38 bits per heavy atom. The molecular weight excluding hydrogens is 680 g/mol. The molecule has 286 valence electrons. The van der Waals surface area contributed by atoms with E-state index in [0.717, 1.165) is 82.9 Å². The van der Waals surface area contributed by atoms with Gasteiger partial charge in [-0.15, -0.1) is 10.2 Å². The molecule has 1 aliphatic heterocycles. The second kappa shape index (κ2) is 15.6. The Bertz CT molecular complexity index is 1810. The molecule has 0 amide bonds. The van der Waals surface area contributed by atoms with E-state index in [0.29, 0.717) is 47.5 Å². The molecule has 4 aromatic rings. The van der Waals surface area contributed by atoms with E-state index >= 15 is 0 Å². The van der Waals surface area contributed by atoms with E-state index in [-0.39, 0.29) is 30.0 Å². The molecule has 19 heteroatoms. The normalized spacial score (nSPS) is 32.1. The number of aliphatic hydroxyl groups excluding tert-OH is 2. The van der Waals surface area contributed by atoms with Gasteiger partial charge in [0.1, 0.15) is 18.0 Å². The van der Waals surface area contributed by atoms with Crippen molar-refractivity contribution in [3.63, 3.8) is 0 Å². The lowest BCUT2D eigenvalue weighted by Gasteiger charge is -2.31. The first kappa shape index (κ1) is 35.7. The Kier molecular flexibility index (Phi) is 10.5. The van der Waals surface area contributed by atoms with Crippen LogP contribution in [0.3, 0.4) is 0 Å².